The Hall–Kier alpha value is -3.90. The van der Waals surface area contributed by atoms with E-state index in [2.05, 4.69) is 17.6 Å². The summed E-state index contributed by atoms with van der Waals surface area (Å²) in [4.78, 5) is 75.8. The number of amides is 2. The van der Waals surface area contributed by atoms with Gasteiger partial charge in [0, 0.05) is 30.7 Å². The molecule has 4 aliphatic rings. The summed E-state index contributed by atoms with van der Waals surface area (Å²) in [5.41, 5.74) is -1.13. The van der Waals surface area contributed by atoms with E-state index in [1.807, 2.05) is 13.0 Å². The lowest BCUT2D eigenvalue weighted by Gasteiger charge is -2.60. The topological polar surface area (TPSA) is 196 Å². The third kappa shape index (κ3) is 7.74. The van der Waals surface area contributed by atoms with Crippen LogP contribution in [0.2, 0.25) is 0 Å². The van der Waals surface area contributed by atoms with E-state index in [0.717, 1.165) is 24.0 Å². The molecule has 4 aliphatic carbocycles. The fourth-order valence-corrected chi connectivity index (χ4v) is 10.1. The number of carbonyl (C=O) groups is 6. The largest absolute Gasteiger partial charge is 0.481 e. The van der Waals surface area contributed by atoms with Gasteiger partial charge in [0.1, 0.15) is 11.6 Å². The van der Waals surface area contributed by atoms with Crippen molar-refractivity contribution in [1.82, 2.24) is 10.6 Å². The van der Waals surface area contributed by atoms with Crippen LogP contribution >= 0.6 is 0 Å². The van der Waals surface area contributed by atoms with E-state index in [1.54, 1.807) is 44.2 Å². The van der Waals surface area contributed by atoms with Gasteiger partial charge in [-0.3, -0.25) is 28.8 Å². The fourth-order valence-electron chi connectivity index (χ4n) is 10.1. The second-order valence-corrected chi connectivity index (χ2v) is 16.3. The molecule has 5 rings (SSSR count). The van der Waals surface area contributed by atoms with Crippen LogP contribution in [0.1, 0.15) is 103 Å². The molecule has 3 fully saturated rings. The van der Waals surface area contributed by atoms with E-state index >= 15 is 0 Å². The third-order valence-electron chi connectivity index (χ3n) is 12.9. The number of ether oxygens (including phenoxy) is 1. The van der Waals surface area contributed by atoms with E-state index in [-0.39, 0.29) is 73.5 Å². The first-order valence-electron chi connectivity index (χ1n) is 18.7. The second kappa shape index (κ2) is 15.6. The molecule has 0 unspecified atom stereocenters. The number of fused-ring (bicyclic) bond motifs is 5. The molecular formula is C40H54N2O10. The number of hydrogen-bond donors (Lipinski definition) is 5. The van der Waals surface area contributed by atoms with Crippen LogP contribution in [0.4, 0.5) is 0 Å². The molecule has 0 spiro atoms. The number of ketones is 2. The molecule has 0 aliphatic heterocycles. The number of rotatable bonds is 14. The highest BCUT2D eigenvalue weighted by molar-refractivity contribution is 5.93. The van der Waals surface area contributed by atoms with Gasteiger partial charge in [-0.1, -0.05) is 63.6 Å². The number of benzene rings is 1. The normalized spacial score (nSPS) is 32.0. The van der Waals surface area contributed by atoms with Gasteiger partial charge in [-0.05, 0) is 79.3 Å². The Morgan fingerprint density at radius 1 is 1.00 bits per heavy atom. The van der Waals surface area contributed by atoms with Crippen LogP contribution in [0, 0.1) is 34.5 Å². The third-order valence-corrected chi connectivity index (χ3v) is 12.9. The van der Waals surface area contributed by atoms with Crippen LogP contribution in [0.5, 0.6) is 0 Å². The Morgan fingerprint density at radius 2 is 1.71 bits per heavy atom. The molecule has 52 heavy (non-hydrogen) atoms. The lowest BCUT2D eigenvalue weighted by Crippen LogP contribution is -2.62. The predicted octanol–water partition coefficient (Wildman–Crippen LogP) is 3.63. The summed E-state index contributed by atoms with van der Waals surface area (Å²) in [5, 5.41) is 38.3. The van der Waals surface area contributed by atoms with Crippen LogP contribution in [0.15, 0.2) is 42.0 Å². The number of aliphatic hydroxyl groups excluding tert-OH is 1. The highest BCUT2D eigenvalue weighted by Crippen LogP contribution is 2.67. The highest BCUT2D eigenvalue weighted by atomic mass is 16.5. The number of aliphatic hydroxyl groups is 2. The van der Waals surface area contributed by atoms with Crippen molar-refractivity contribution >= 4 is 35.3 Å². The number of hydrogen-bond acceptors (Lipinski definition) is 9. The van der Waals surface area contributed by atoms with Crippen molar-refractivity contribution in [3.05, 3.63) is 47.5 Å². The molecule has 3 saturated carbocycles. The monoisotopic (exact) mass is 722 g/mol. The number of nitrogens with one attached hydrogen (secondary N) is 2. The summed E-state index contributed by atoms with van der Waals surface area (Å²) in [6, 6.07) is 8.04. The number of carbonyl (C=O) groups excluding carboxylic acids is 5. The minimum absolute atomic E-state index is 0.0160. The lowest BCUT2D eigenvalue weighted by molar-refractivity contribution is -0.184. The second-order valence-electron chi connectivity index (χ2n) is 16.3. The summed E-state index contributed by atoms with van der Waals surface area (Å²) in [6.45, 7) is 6.90. The maximum Gasteiger partial charge on any atom is 0.306 e. The van der Waals surface area contributed by atoms with Crippen molar-refractivity contribution in [1.29, 1.82) is 0 Å². The van der Waals surface area contributed by atoms with Crippen LogP contribution in [0.3, 0.4) is 0 Å². The number of aliphatic carboxylic acids is 1. The summed E-state index contributed by atoms with van der Waals surface area (Å²) in [5.74, 6) is -4.12. The molecule has 0 heterocycles. The molecule has 9 atom stereocenters. The van der Waals surface area contributed by atoms with Gasteiger partial charge in [0.05, 0.1) is 18.9 Å². The van der Waals surface area contributed by atoms with Gasteiger partial charge in [0.15, 0.2) is 12.4 Å². The SMILES string of the molecule is CC(C)[C@H](NC(=O)CCC(=O)OCC(=O)[C@]1(O)CC[C@@H]2[C@@H]3CCC4=CC(=O)CC[C@]4(C)[C@@H]3[C@@H](O)C[C@@]21C)C(=O)NC[C@H](CC(=O)O)c1ccccc1. The summed E-state index contributed by atoms with van der Waals surface area (Å²) in [7, 11) is 0. The first-order valence-corrected chi connectivity index (χ1v) is 18.7. The maximum absolute atomic E-state index is 13.6. The van der Waals surface area contributed by atoms with Crippen LogP contribution in [0.25, 0.3) is 0 Å². The Labute approximate surface area is 305 Å². The number of Topliss-reactive ketones (excluding diaryl/α,β-unsaturated/α-hetero) is 1. The first kappa shape index (κ1) is 39.3. The van der Waals surface area contributed by atoms with E-state index in [1.165, 1.54) is 0 Å². The Morgan fingerprint density at radius 3 is 2.38 bits per heavy atom. The molecule has 284 valence electrons. The number of esters is 1. The zero-order chi connectivity index (χ0) is 38.0. The Kier molecular flexibility index (Phi) is 11.8. The molecule has 0 aromatic heterocycles. The average Bonchev–Trinajstić information content (AvgIpc) is 3.37. The average molecular weight is 723 g/mol. The zero-order valence-corrected chi connectivity index (χ0v) is 30.7. The smallest absolute Gasteiger partial charge is 0.306 e. The number of allylic oxidation sites excluding steroid dienone is 1. The minimum atomic E-state index is -1.79. The van der Waals surface area contributed by atoms with E-state index < -0.39 is 65.2 Å². The predicted molar refractivity (Wildman–Crippen MR) is 189 cm³/mol. The summed E-state index contributed by atoms with van der Waals surface area (Å²) in [6.07, 6.45) is 3.86. The molecule has 1 aromatic rings. The quantitative estimate of drug-likeness (QED) is 0.177. The molecule has 0 bridgehead atoms. The van der Waals surface area contributed by atoms with Gasteiger partial charge in [0.25, 0.3) is 0 Å². The van der Waals surface area contributed by atoms with Gasteiger partial charge in [-0.2, -0.15) is 0 Å². The molecule has 0 saturated heterocycles. The van der Waals surface area contributed by atoms with Crippen molar-refractivity contribution in [2.45, 2.75) is 116 Å². The minimum Gasteiger partial charge on any atom is -0.481 e. The van der Waals surface area contributed by atoms with E-state index in [0.29, 0.717) is 19.3 Å². The van der Waals surface area contributed by atoms with E-state index in [9.17, 15) is 44.1 Å². The lowest BCUT2D eigenvalue weighted by atomic mass is 9.45. The zero-order valence-electron chi connectivity index (χ0n) is 30.7. The van der Waals surface area contributed by atoms with Gasteiger partial charge < -0.3 is 30.7 Å². The van der Waals surface area contributed by atoms with Crippen molar-refractivity contribution < 1.29 is 48.8 Å². The maximum atomic E-state index is 13.6. The fraction of sp³-hybridized carbons (Fsp3) is 0.650. The molecule has 0 radical (unpaired) electrons. The van der Waals surface area contributed by atoms with Crippen LogP contribution < -0.4 is 10.6 Å². The summed E-state index contributed by atoms with van der Waals surface area (Å²) >= 11 is 0. The van der Waals surface area contributed by atoms with Crippen molar-refractivity contribution in [3.8, 4) is 0 Å². The molecule has 2 amide bonds. The number of carboxylic acid groups (broad SMARTS) is 1. The molecule has 12 nitrogen and oxygen atoms in total. The van der Waals surface area contributed by atoms with Crippen molar-refractivity contribution in [2.75, 3.05) is 13.2 Å². The van der Waals surface area contributed by atoms with Gasteiger partial charge in [-0.25, -0.2) is 0 Å². The molecule has 12 heteroatoms. The van der Waals surface area contributed by atoms with Crippen molar-refractivity contribution in [2.24, 2.45) is 34.5 Å². The van der Waals surface area contributed by atoms with Crippen LogP contribution in [-0.2, 0) is 33.5 Å². The van der Waals surface area contributed by atoms with Crippen LogP contribution in [-0.4, -0.2) is 81.5 Å². The first-order chi connectivity index (χ1) is 24.5. The van der Waals surface area contributed by atoms with E-state index in [4.69, 9.17) is 4.74 Å². The standard InChI is InChI=1S/C40H54N2O10/c1-23(2)36(37(50)41-21-25(18-33(47)48)24-8-6-5-7-9-24)42-32(46)12-13-34(49)52-22-31(45)40(51)17-15-29-28-11-10-26-19-27(43)14-16-38(26,3)35(28)30(44)20-39(29,40)4/h5-9,19,23,25,28-30,35-36,44,51H,10-18,20-22H2,1-4H3,(H,41,50)(H,42,46)(H,47,48)/t25-,28-,29+,30-,35-,36-,38-,39-,40+/m0/s1. The van der Waals surface area contributed by atoms with Gasteiger partial charge in [0.2, 0.25) is 17.6 Å². The van der Waals surface area contributed by atoms with Gasteiger partial charge in [-0.15, -0.1) is 0 Å². The highest BCUT2D eigenvalue weighted by Gasteiger charge is 2.68. The van der Waals surface area contributed by atoms with Gasteiger partial charge >= 0.3 is 11.9 Å². The Balaban J connectivity index is 1.12. The molecular weight excluding hydrogens is 668 g/mol. The number of carboxylic acids is 1. The Bertz CT molecular complexity index is 1590. The summed E-state index contributed by atoms with van der Waals surface area (Å²) < 4.78 is 5.27. The molecule has 5 N–H and O–H groups in total. The molecule has 1 aromatic carbocycles. The van der Waals surface area contributed by atoms with Crippen molar-refractivity contribution in [3.63, 3.8) is 0 Å².